The predicted octanol–water partition coefficient (Wildman–Crippen LogP) is 2.28. The highest BCUT2D eigenvalue weighted by atomic mass is 32.1. The zero-order valence-corrected chi connectivity index (χ0v) is 13.5. The van der Waals surface area contributed by atoms with E-state index in [0.717, 1.165) is 23.6 Å². The van der Waals surface area contributed by atoms with Gasteiger partial charge in [0, 0.05) is 12.5 Å². The fourth-order valence-electron chi connectivity index (χ4n) is 2.05. The summed E-state index contributed by atoms with van der Waals surface area (Å²) in [5.74, 6) is 1.23. The summed E-state index contributed by atoms with van der Waals surface area (Å²) < 4.78 is 5.06. The summed E-state index contributed by atoms with van der Waals surface area (Å²) in [5.41, 5.74) is 0.707. The summed E-state index contributed by atoms with van der Waals surface area (Å²) in [4.78, 5) is 11.8. The molecule has 3 rings (SSSR count). The Balaban J connectivity index is 1.47. The Labute approximate surface area is 137 Å². The first-order valence-electron chi connectivity index (χ1n) is 7.36. The minimum absolute atomic E-state index is 0.104. The molecule has 1 heterocycles. The third-order valence-corrected chi connectivity index (χ3v) is 4.55. The van der Waals surface area contributed by atoms with Crippen LogP contribution in [0.1, 0.15) is 35.4 Å². The first-order chi connectivity index (χ1) is 11.2. The van der Waals surface area contributed by atoms with Crippen LogP contribution in [-0.4, -0.2) is 35.0 Å². The van der Waals surface area contributed by atoms with Crippen molar-refractivity contribution in [3.63, 3.8) is 0 Å². The van der Waals surface area contributed by atoms with Crippen LogP contribution in [0, 0.1) is 0 Å². The lowest BCUT2D eigenvalue weighted by Gasteiger charge is -2.12. The Kier molecular flexibility index (Phi) is 4.73. The molecule has 0 aliphatic heterocycles. The highest BCUT2D eigenvalue weighted by Gasteiger charge is 2.27. The number of carbonyl (C=O) groups is 1. The Morgan fingerprint density at radius 3 is 2.78 bits per heavy atom. The van der Waals surface area contributed by atoms with E-state index in [0.29, 0.717) is 16.6 Å². The maximum atomic E-state index is 11.8. The van der Waals surface area contributed by atoms with Crippen LogP contribution in [0.15, 0.2) is 24.3 Å². The lowest BCUT2D eigenvalue weighted by atomic mass is 10.1. The fraction of sp³-hybridized carbons (Fsp3) is 0.400. The number of benzene rings is 1. The van der Waals surface area contributed by atoms with Gasteiger partial charge in [-0.1, -0.05) is 23.5 Å². The molecule has 8 heteroatoms. The van der Waals surface area contributed by atoms with Gasteiger partial charge in [0.15, 0.2) is 0 Å². The number of nitrogens with zero attached hydrogens (tertiary/aromatic N) is 2. The number of aliphatic hydroxyl groups excluding tert-OH is 1. The molecule has 1 aromatic heterocycles. The van der Waals surface area contributed by atoms with Gasteiger partial charge in [-0.3, -0.25) is 5.32 Å². The van der Waals surface area contributed by atoms with Crippen LogP contribution in [0.2, 0.25) is 0 Å². The number of hydrogen-bond acceptors (Lipinski definition) is 6. The molecule has 0 radical (unpaired) electrons. The molecule has 1 atom stereocenters. The minimum atomic E-state index is -0.789. The Hall–Kier alpha value is -2.19. The average molecular weight is 334 g/mol. The largest absolute Gasteiger partial charge is 0.497 e. The van der Waals surface area contributed by atoms with Crippen LogP contribution in [0.5, 0.6) is 5.75 Å². The molecule has 3 N–H and O–H groups in total. The van der Waals surface area contributed by atoms with E-state index in [9.17, 15) is 9.90 Å². The van der Waals surface area contributed by atoms with Crippen molar-refractivity contribution in [2.75, 3.05) is 19.0 Å². The molecule has 1 aromatic carbocycles. The van der Waals surface area contributed by atoms with Crippen molar-refractivity contribution in [1.82, 2.24) is 15.5 Å². The number of methoxy groups -OCH3 is 1. The van der Waals surface area contributed by atoms with E-state index in [1.165, 1.54) is 11.3 Å². The fourth-order valence-corrected chi connectivity index (χ4v) is 2.96. The number of nitrogens with one attached hydrogen (secondary N) is 2. The second-order valence-electron chi connectivity index (χ2n) is 5.34. The molecule has 0 unspecified atom stereocenters. The van der Waals surface area contributed by atoms with Crippen LogP contribution in [0.3, 0.4) is 0 Å². The molecule has 122 valence electrons. The van der Waals surface area contributed by atoms with Crippen LogP contribution >= 0.6 is 11.3 Å². The quantitative estimate of drug-likeness (QED) is 0.753. The summed E-state index contributed by atoms with van der Waals surface area (Å²) in [6, 6.07) is 6.64. The Morgan fingerprint density at radius 2 is 2.13 bits per heavy atom. The summed E-state index contributed by atoms with van der Waals surface area (Å²) in [6.45, 7) is 0.104. The van der Waals surface area contributed by atoms with E-state index < -0.39 is 12.1 Å². The summed E-state index contributed by atoms with van der Waals surface area (Å²) in [5, 5.41) is 24.8. The zero-order chi connectivity index (χ0) is 16.2. The van der Waals surface area contributed by atoms with E-state index in [1.54, 1.807) is 31.4 Å². The van der Waals surface area contributed by atoms with Gasteiger partial charge in [0.05, 0.1) is 13.2 Å². The molecule has 2 aromatic rings. The standard InChI is InChI=1S/C15H18N4O3S/c1-22-11-6-4-9(5-7-11)12(20)8-16-14(21)17-15-19-18-13(23-15)10-2-3-10/h4-7,10,12,20H,2-3,8H2,1H3,(H2,16,17,19,21)/t12-/m1/s1. The highest BCUT2D eigenvalue weighted by Crippen LogP contribution is 2.41. The Bertz CT molecular complexity index is 670. The van der Waals surface area contributed by atoms with Crippen LogP contribution < -0.4 is 15.4 Å². The van der Waals surface area contributed by atoms with Crippen molar-refractivity contribution in [2.24, 2.45) is 0 Å². The van der Waals surface area contributed by atoms with Crippen molar-refractivity contribution in [3.05, 3.63) is 34.8 Å². The molecule has 1 aliphatic carbocycles. The van der Waals surface area contributed by atoms with E-state index in [4.69, 9.17) is 4.74 Å². The highest BCUT2D eigenvalue weighted by molar-refractivity contribution is 7.15. The number of anilines is 1. The lowest BCUT2D eigenvalue weighted by Crippen LogP contribution is -2.32. The third-order valence-electron chi connectivity index (χ3n) is 3.54. The monoisotopic (exact) mass is 334 g/mol. The van der Waals surface area contributed by atoms with Crippen molar-refractivity contribution >= 4 is 22.5 Å². The SMILES string of the molecule is COc1ccc([C@H](O)CNC(=O)Nc2nnc(C3CC3)s2)cc1. The first kappa shape index (κ1) is 15.7. The van der Waals surface area contributed by atoms with Crippen molar-refractivity contribution in [2.45, 2.75) is 24.9 Å². The van der Waals surface area contributed by atoms with Gasteiger partial charge < -0.3 is 15.2 Å². The summed E-state index contributed by atoms with van der Waals surface area (Å²) in [7, 11) is 1.58. The summed E-state index contributed by atoms with van der Waals surface area (Å²) >= 11 is 1.40. The molecule has 1 saturated carbocycles. The lowest BCUT2D eigenvalue weighted by molar-refractivity contribution is 0.175. The zero-order valence-electron chi connectivity index (χ0n) is 12.7. The number of urea groups is 1. The van der Waals surface area contributed by atoms with Gasteiger partial charge in [-0.2, -0.15) is 0 Å². The number of rotatable bonds is 6. The van der Waals surface area contributed by atoms with E-state index in [2.05, 4.69) is 20.8 Å². The van der Waals surface area contributed by atoms with Crippen molar-refractivity contribution < 1.29 is 14.6 Å². The smallest absolute Gasteiger partial charge is 0.321 e. The molecule has 1 fully saturated rings. The second kappa shape index (κ2) is 6.93. The van der Waals surface area contributed by atoms with Gasteiger partial charge in [0.2, 0.25) is 5.13 Å². The van der Waals surface area contributed by atoms with Crippen LogP contribution in [0.4, 0.5) is 9.93 Å². The molecular formula is C15H18N4O3S. The molecule has 0 saturated heterocycles. The average Bonchev–Trinajstić information content (AvgIpc) is 3.33. The minimum Gasteiger partial charge on any atom is -0.497 e. The van der Waals surface area contributed by atoms with Gasteiger partial charge in [0.1, 0.15) is 10.8 Å². The molecule has 23 heavy (non-hydrogen) atoms. The van der Waals surface area contributed by atoms with Crippen molar-refractivity contribution in [1.29, 1.82) is 0 Å². The molecule has 7 nitrogen and oxygen atoms in total. The molecule has 1 aliphatic rings. The second-order valence-corrected chi connectivity index (χ2v) is 6.35. The van der Waals surface area contributed by atoms with Crippen molar-refractivity contribution in [3.8, 4) is 5.75 Å². The number of aromatic nitrogens is 2. The van der Waals surface area contributed by atoms with Gasteiger partial charge >= 0.3 is 6.03 Å². The molecule has 2 amide bonds. The predicted molar refractivity (Wildman–Crippen MR) is 86.9 cm³/mol. The van der Waals surface area contributed by atoms with Crippen LogP contribution in [-0.2, 0) is 0 Å². The normalized spacial score (nSPS) is 15.0. The molecular weight excluding hydrogens is 316 g/mol. The van der Waals surface area contributed by atoms with E-state index in [1.807, 2.05) is 0 Å². The van der Waals surface area contributed by atoms with Gasteiger partial charge in [-0.05, 0) is 30.5 Å². The number of ether oxygens (including phenoxy) is 1. The van der Waals surface area contributed by atoms with Gasteiger partial charge in [-0.25, -0.2) is 4.79 Å². The number of hydrogen-bond donors (Lipinski definition) is 3. The van der Waals surface area contributed by atoms with E-state index >= 15 is 0 Å². The third kappa shape index (κ3) is 4.17. The number of carbonyl (C=O) groups excluding carboxylic acids is 1. The maximum Gasteiger partial charge on any atom is 0.321 e. The first-order valence-corrected chi connectivity index (χ1v) is 8.17. The molecule has 0 spiro atoms. The van der Waals surface area contributed by atoms with Crippen LogP contribution in [0.25, 0.3) is 0 Å². The van der Waals surface area contributed by atoms with Gasteiger partial charge in [-0.15, -0.1) is 10.2 Å². The number of aliphatic hydroxyl groups is 1. The van der Waals surface area contributed by atoms with Gasteiger partial charge in [0.25, 0.3) is 0 Å². The number of amides is 2. The summed E-state index contributed by atoms with van der Waals surface area (Å²) in [6.07, 6.45) is 1.51. The topological polar surface area (TPSA) is 96.4 Å². The Morgan fingerprint density at radius 1 is 1.39 bits per heavy atom. The maximum absolute atomic E-state index is 11.8. The van der Waals surface area contributed by atoms with E-state index in [-0.39, 0.29) is 6.54 Å². The molecule has 0 bridgehead atoms.